The molecule has 23 heavy (non-hydrogen) atoms. The minimum Gasteiger partial charge on any atom is -0.464 e. The third-order valence-corrected chi connectivity index (χ3v) is 4.28. The molecule has 4 nitrogen and oxygen atoms in total. The first-order chi connectivity index (χ1) is 10.6. The van der Waals surface area contributed by atoms with Gasteiger partial charge in [0, 0.05) is 17.5 Å². The molecule has 0 N–H and O–H groups in total. The summed E-state index contributed by atoms with van der Waals surface area (Å²) in [6.07, 6.45) is -5.23. The molecule has 1 aliphatic rings. The number of hydrogen-bond acceptors (Lipinski definition) is 4. The van der Waals surface area contributed by atoms with Crippen LogP contribution in [0.5, 0.6) is 0 Å². The van der Waals surface area contributed by atoms with Crippen LogP contribution in [0.15, 0.2) is 18.3 Å². The smallest absolute Gasteiger partial charge is 0.417 e. The number of ether oxygens (including phenoxy) is 2. The highest BCUT2D eigenvalue weighted by Gasteiger charge is 2.66. The first kappa shape index (κ1) is 17.7. The molecule has 4 atom stereocenters. The monoisotopic (exact) mass is 335 g/mol. The van der Waals surface area contributed by atoms with Crippen LogP contribution >= 0.6 is 0 Å². The number of carbonyl (C=O) groups is 1. The number of rotatable bonds is 3. The number of nitrogens with zero attached hydrogens (tertiary/aromatic N) is 1. The number of esters is 1. The quantitative estimate of drug-likeness (QED) is 0.629. The Hall–Kier alpha value is -1.70. The van der Waals surface area contributed by atoms with Crippen LogP contribution < -0.4 is 0 Å². The van der Waals surface area contributed by atoms with Gasteiger partial charge >= 0.3 is 12.1 Å². The Bertz CT molecular complexity index is 575. The molecule has 8 heteroatoms. The molecule has 0 aliphatic carbocycles. The van der Waals surface area contributed by atoms with Gasteiger partial charge in [-0.25, -0.2) is 9.18 Å². The predicted octanol–water partition coefficient (Wildman–Crippen LogP) is 3.22. The predicted molar refractivity (Wildman–Crippen MR) is 72.1 cm³/mol. The maximum absolute atomic E-state index is 13.4. The van der Waals surface area contributed by atoms with E-state index < -0.39 is 41.5 Å². The van der Waals surface area contributed by atoms with Crippen molar-refractivity contribution in [3.63, 3.8) is 0 Å². The van der Waals surface area contributed by atoms with E-state index in [0.717, 1.165) is 19.2 Å². The largest absolute Gasteiger partial charge is 0.464 e. The van der Waals surface area contributed by atoms with Crippen molar-refractivity contribution in [1.29, 1.82) is 0 Å². The second-order valence-corrected chi connectivity index (χ2v) is 5.61. The van der Waals surface area contributed by atoms with E-state index in [4.69, 9.17) is 9.47 Å². The molecule has 4 unspecified atom stereocenters. The molecule has 0 saturated carbocycles. The third-order valence-electron chi connectivity index (χ3n) is 4.28. The summed E-state index contributed by atoms with van der Waals surface area (Å²) in [7, 11) is 0. The van der Waals surface area contributed by atoms with E-state index in [1.54, 1.807) is 6.92 Å². The van der Waals surface area contributed by atoms with E-state index in [9.17, 15) is 22.4 Å². The number of alkyl halides is 3. The Labute approximate surface area is 130 Å². The molecule has 1 aliphatic heterocycles. The summed E-state index contributed by atoms with van der Waals surface area (Å²) in [6.45, 7) is 3.79. The highest BCUT2D eigenvalue weighted by Crippen LogP contribution is 2.53. The molecule has 128 valence electrons. The van der Waals surface area contributed by atoms with E-state index in [2.05, 4.69) is 4.98 Å². The molecule has 2 heterocycles. The average molecular weight is 335 g/mol. The molecular weight excluding hydrogens is 318 g/mol. The Morgan fingerprint density at radius 1 is 1.43 bits per heavy atom. The fraction of sp³-hybridized carbons (Fsp3) is 0.600. The van der Waals surface area contributed by atoms with Gasteiger partial charge in [0.25, 0.3) is 0 Å². The first-order valence-electron chi connectivity index (χ1n) is 7.14. The standard InChI is InChI=1S/C15H17F4NO3/c1-4-22-13(21)12-11(10-6-5-9(16)7-20-10)8(2)14(3,23-12)15(17,18)19/h5-8,11-12H,4H2,1-3H3. The molecule has 1 aromatic rings. The maximum atomic E-state index is 13.4. The summed E-state index contributed by atoms with van der Waals surface area (Å²) in [4.78, 5) is 15.9. The van der Waals surface area contributed by atoms with Gasteiger partial charge in [-0.2, -0.15) is 13.2 Å². The molecule has 1 fully saturated rings. The lowest BCUT2D eigenvalue weighted by Crippen LogP contribution is -2.47. The Balaban J connectivity index is 2.46. The molecular formula is C15H17F4NO3. The Morgan fingerprint density at radius 3 is 2.57 bits per heavy atom. The van der Waals surface area contributed by atoms with E-state index in [0.29, 0.717) is 0 Å². The number of aromatic nitrogens is 1. The van der Waals surface area contributed by atoms with Gasteiger partial charge in [0.1, 0.15) is 5.82 Å². The van der Waals surface area contributed by atoms with Crippen LogP contribution in [0.3, 0.4) is 0 Å². The SMILES string of the molecule is CCOC(=O)C1OC(C)(C(F)(F)F)C(C)C1c1ccc(F)cn1. The number of halogens is 4. The summed E-state index contributed by atoms with van der Waals surface area (Å²) in [6, 6.07) is 2.34. The van der Waals surface area contributed by atoms with Gasteiger partial charge in [-0.15, -0.1) is 0 Å². The summed E-state index contributed by atoms with van der Waals surface area (Å²) in [5.41, 5.74) is -2.37. The van der Waals surface area contributed by atoms with Gasteiger partial charge in [0.2, 0.25) is 0 Å². The number of pyridine rings is 1. The van der Waals surface area contributed by atoms with Crippen molar-refractivity contribution in [2.75, 3.05) is 6.61 Å². The second-order valence-electron chi connectivity index (χ2n) is 5.61. The summed E-state index contributed by atoms with van der Waals surface area (Å²) >= 11 is 0. The van der Waals surface area contributed by atoms with Crippen molar-refractivity contribution in [1.82, 2.24) is 4.98 Å². The third kappa shape index (κ3) is 3.04. The van der Waals surface area contributed by atoms with Gasteiger partial charge in [0.05, 0.1) is 12.8 Å². The van der Waals surface area contributed by atoms with Crippen LogP contribution in [0.1, 0.15) is 32.4 Å². The van der Waals surface area contributed by atoms with Crippen molar-refractivity contribution >= 4 is 5.97 Å². The van der Waals surface area contributed by atoms with Crippen LogP contribution in [0.25, 0.3) is 0 Å². The lowest BCUT2D eigenvalue weighted by Gasteiger charge is -2.31. The first-order valence-corrected chi connectivity index (χ1v) is 7.14. The van der Waals surface area contributed by atoms with Gasteiger partial charge < -0.3 is 9.47 Å². The van der Waals surface area contributed by atoms with Crippen LogP contribution in [-0.4, -0.2) is 35.4 Å². The minimum absolute atomic E-state index is 0.0133. The van der Waals surface area contributed by atoms with Gasteiger partial charge in [-0.05, 0) is 26.0 Å². The van der Waals surface area contributed by atoms with Crippen molar-refractivity contribution < 1.29 is 31.8 Å². The summed E-state index contributed by atoms with van der Waals surface area (Å²) < 4.78 is 63.2. The fourth-order valence-corrected chi connectivity index (χ4v) is 2.79. The lowest BCUT2D eigenvalue weighted by molar-refractivity contribution is -0.274. The van der Waals surface area contributed by atoms with Crippen LogP contribution in [0.2, 0.25) is 0 Å². The van der Waals surface area contributed by atoms with Crippen molar-refractivity contribution in [2.45, 2.75) is 44.6 Å². The zero-order valence-electron chi connectivity index (χ0n) is 12.9. The van der Waals surface area contributed by atoms with E-state index in [1.165, 1.54) is 13.0 Å². The van der Waals surface area contributed by atoms with Gasteiger partial charge in [-0.3, -0.25) is 4.98 Å². The van der Waals surface area contributed by atoms with Crippen molar-refractivity contribution in [2.24, 2.45) is 5.92 Å². The van der Waals surface area contributed by atoms with Gasteiger partial charge in [0.15, 0.2) is 11.7 Å². The molecule has 0 aromatic carbocycles. The minimum atomic E-state index is -4.67. The van der Waals surface area contributed by atoms with Crippen LogP contribution in [0, 0.1) is 11.7 Å². The highest BCUT2D eigenvalue weighted by atomic mass is 19.4. The Kier molecular flexibility index (Phi) is 4.66. The zero-order valence-corrected chi connectivity index (χ0v) is 12.9. The normalized spacial score (nSPS) is 31.2. The van der Waals surface area contributed by atoms with Crippen molar-refractivity contribution in [3.8, 4) is 0 Å². The van der Waals surface area contributed by atoms with Crippen LogP contribution in [0.4, 0.5) is 17.6 Å². The Morgan fingerprint density at radius 2 is 2.09 bits per heavy atom. The van der Waals surface area contributed by atoms with Crippen molar-refractivity contribution in [3.05, 3.63) is 29.8 Å². The number of hydrogen-bond donors (Lipinski definition) is 0. The van der Waals surface area contributed by atoms with Crippen LogP contribution in [-0.2, 0) is 14.3 Å². The molecule has 1 saturated heterocycles. The fourth-order valence-electron chi connectivity index (χ4n) is 2.79. The van der Waals surface area contributed by atoms with E-state index in [1.807, 2.05) is 0 Å². The zero-order chi connectivity index (χ0) is 17.4. The molecule has 0 bridgehead atoms. The molecule has 2 rings (SSSR count). The maximum Gasteiger partial charge on any atom is 0.417 e. The number of carbonyl (C=O) groups excluding carboxylic acids is 1. The van der Waals surface area contributed by atoms with Gasteiger partial charge in [-0.1, -0.05) is 6.92 Å². The second kappa shape index (κ2) is 6.07. The highest BCUT2D eigenvalue weighted by molar-refractivity contribution is 5.76. The van der Waals surface area contributed by atoms with E-state index in [-0.39, 0.29) is 12.3 Å². The molecule has 0 spiro atoms. The average Bonchev–Trinajstić information content (AvgIpc) is 2.74. The lowest BCUT2D eigenvalue weighted by atomic mass is 9.79. The molecule has 0 amide bonds. The molecule has 0 radical (unpaired) electrons. The van der Waals surface area contributed by atoms with E-state index >= 15 is 0 Å². The summed E-state index contributed by atoms with van der Waals surface area (Å²) in [5, 5.41) is 0. The topological polar surface area (TPSA) is 48.4 Å². The summed E-state index contributed by atoms with van der Waals surface area (Å²) in [5.74, 6) is -3.59. The molecule has 1 aromatic heterocycles.